The van der Waals surface area contributed by atoms with Gasteiger partial charge in [-0.25, -0.2) is 0 Å². The predicted octanol–water partition coefficient (Wildman–Crippen LogP) is 3.77. The molecule has 3 aromatic rings. The van der Waals surface area contributed by atoms with Crippen molar-refractivity contribution < 1.29 is 14.2 Å². The van der Waals surface area contributed by atoms with Gasteiger partial charge in [-0.1, -0.05) is 23.4 Å². The Hall–Kier alpha value is -3.72. The first-order chi connectivity index (χ1) is 15.7. The molecule has 1 saturated heterocycles. The topological polar surface area (TPSA) is 97.2 Å². The molecule has 2 aliphatic heterocycles. The molecule has 9 heteroatoms. The lowest BCUT2D eigenvalue weighted by Crippen LogP contribution is -2.45. The summed E-state index contributed by atoms with van der Waals surface area (Å²) in [6.45, 7) is 4.90. The van der Waals surface area contributed by atoms with Gasteiger partial charge in [-0.15, -0.1) is 0 Å². The zero-order chi connectivity index (χ0) is 21.9. The maximum absolute atomic E-state index is 10.8. The van der Waals surface area contributed by atoms with Crippen LogP contribution in [0.2, 0.25) is 0 Å². The van der Waals surface area contributed by atoms with Crippen LogP contribution in [0.15, 0.2) is 70.5 Å². The largest absolute Gasteiger partial charge is 0.433 e. The Labute approximate surface area is 185 Å². The summed E-state index contributed by atoms with van der Waals surface area (Å²) in [6, 6.07) is 15.3. The van der Waals surface area contributed by atoms with E-state index in [0.717, 1.165) is 38.3 Å². The molecule has 4 heterocycles. The van der Waals surface area contributed by atoms with Gasteiger partial charge in [0.2, 0.25) is 0 Å². The zero-order valence-electron chi connectivity index (χ0n) is 17.5. The maximum Gasteiger partial charge on any atom is 0.433 e. The van der Waals surface area contributed by atoms with Crippen LogP contribution in [0.5, 0.6) is 0 Å². The molecule has 1 atom stereocenters. The molecule has 1 unspecified atom stereocenters. The third-order valence-corrected chi connectivity index (χ3v) is 5.86. The molecule has 1 fully saturated rings. The Morgan fingerprint density at radius 3 is 2.56 bits per heavy atom. The summed E-state index contributed by atoms with van der Waals surface area (Å²) in [4.78, 5) is 24.9. The number of aromatic nitrogens is 1. The molecule has 164 valence electrons. The van der Waals surface area contributed by atoms with E-state index in [-0.39, 0.29) is 12.0 Å². The highest BCUT2D eigenvalue weighted by Gasteiger charge is 2.27. The lowest BCUT2D eigenvalue weighted by molar-refractivity contribution is -0.402. The number of piperazine rings is 1. The van der Waals surface area contributed by atoms with Crippen LogP contribution in [0, 0.1) is 10.1 Å². The Bertz CT molecular complexity index is 1100. The summed E-state index contributed by atoms with van der Waals surface area (Å²) in [5, 5.41) is 14.9. The molecular formula is C23H23N5O4. The van der Waals surface area contributed by atoms with Crippen molar-refractivity contribution in [1.29, 1.82) is 0 Å². The quantitative estimate of drug-likeness (QED) is 0.431. The highest BCUT2D eigenvalue weighted by Crippen LogP contribution is 2.32. The van der Waals surface area contributed by atoms with Crippen molar-refractivity contribution in [3.63, 3.8) is 0 Å². The fourth-order valence-electron chi connectivity index (χ4n) is 4.10. The number of anilines is 1. The van der Waals surface area contributed by atoms with Crippen molar-refractivity contribution in [2.45, 2.75) is 19.1 Å². The second-order valence-corrected chi connectivity index (χ2v) is 7.95. The summed E-state index contributed by atoms with van der Waals surface area (Å²) >= 11 is 0. The lowest BCUT2D eigenvalue weighted by Gasteiger charge is -2.36. The van der Waals surface area contributed by atoms with Crippen molar-refractivity contribution in [3.8, 4) is 0 Å². The van der Waals surface area contributed by atoms with Crippen LogP contribution in [0.25, 0.3) is 0 Å². The van der Waals surface area contributed by atoms with Crippen LogP contribution in [0.3, 0.4) is 0 Å². The molecule has 0 spiro atoms. The van der Waals surface area contributed by atoms with E-state index in [9.17, 15) is 10.1 Å². The predicted molar refractivity (Wildman–Crippen MR) is 119 cm³/mol. The fraction of sp³-hybridized carbons (Fsp3) is 0.304. The molecule has 1 aromatic carbocycles. The van der Waals surface area contributed by atoms with Gasteiger partial charge in [0, 0.05) is 57.2 Å². The molecule has 0 radical (unpaired) electrons. The van der Waals surface area contributed by atoms with Gasteiger partial charge >= 0.3 is 5.88 Å². The molecule has 0 amide bonds. The van der Waals surface area contributed by atoms with Gasteiger partial charge in [-0.3, -0.25) is 20.0 Å². The minimum Gasteiger partial charge on any atom is -0.399 e. The fourth-order valence-corrected chi connectivity index (χ4v) is 4.10. The summed E-state index contributed by atoms with van der Waals surface area (Å²) < 4.78 is 5.23. The molecule has 0 saturated carbocycles. The van der Waals surface area contributed by atoms with Gasteiger partial charge < -0.3 is 14.2 Å². The summed E-state index contributed by atoms with van der Waals surface area (Å²) in [5.41, 5.74) is 4.03. The first-order valence-corrected chi connectivity index (χ1v) is 10.6. The van der Waals surface area contributed by atoms with E-state index in [1.54, 1.807) is 12.3 Å². The van der Waals surface area contributed by atoms with Gasteiger partial charge in [0.15, 0.2) is 11.9 Å². The van der Waals surface area contributed by atoms with E-state index in [0.29, 0.717) is 17.9 Å². The van der Waals surface area contributed by atoms with Crippen LogP contribution >= 0.6 is 0 Å². The van der Waals surface area contributed by atoms with Gasteiger partial charge in [0.1, 0.15) is 10.6 Å². The SMILES string of the molecule is O=[N+]([O-])c1ccc(C2=NOC(c3ccc(N4CCN(Cc5cccnc5)CC4)cc3)C2)o1. The van der Waals surface area contributed by atoms with Crippen molar-refractivity contribution in [2.75, 3.05) is 31.1 Å². The van der Waals surface area contributed by atoms with Gasteiger partial charge in [-0.05, 0) is 35.4 Å². The Kier molecular flexibility index (Phi) is 5.55. The number of hydrogen-bond acceptors (Lipinski definition) is 8. The Morgan fingerprint density at radius 1 is 1.06 bits per heavy atom. The number of nitrogens with zero attached hydrogens (tertiary/aromatic N) is 5. The van der Waals surface area contributed by atoms with Crippen LogP contribution in [0.4, 0.5) is 11.6 Å². The van der Waals surface area contributed by atoms with Crippen molar-refractivity contribution in [3.05, 3.63) is 87.9 Å². The highest BCUT2D eigenvalue weighted by molar-refractivity contribution is 5.99. The summed E-state index contributed by atoms with van der Waals surface area (Å²) in [5.74, 6) is 0.0796. The number of rotatable bonds is 6. The molecular weight excluding hydrogens is 410 g/mol. The van der Waals surface area contributed by atoms with Crippen molar-refractivity contribution in [2.24, 2.45) is 5.16 Å². The third kappa shape index (κ3) is 4.33. The van der Waals surface area contributed by atoms with Crippen molar-refractivity contribution in [1.82, 2.24) is 9.88 Å². The van der Waals surface area contributed by atoms with Crippen LogP contribution in [0.1, 0.15) is 29.4 Å². The first kappa shape index (κ1) is 20.2. The lowest BCUT2D eigenvalue weighted by atomic mass is 10.0. The molecule has 9 nitrogen and oxygen atoms in total. The molecule has 0 N–H and O–H groups in total. The minimum absolute atomic E-state index is 0.223. The average Bonchev–Trinajstić information content (AvgIpc) is 3.51. The van der Waals surface area contributed by atoms with E-state index in [2.05, 4.69) is 50.3 Å². The smallest absolute Gasteiger partial charge is 0.399 e. The minimum atomic E-state index is -0.561. The first-order valence-electron chi connectivity index (χ1n) is 10.6. The Morgan fingerprint density at radius 2 is 1.88 bits per heavy atom. The Balaban J connectivity index is 1.15. The maximum atomic E-state index is 10.8. The number of furan rings is 1. The van der Waals surface area contributed by atoms with Gasteiger partial charge in [-0.2, -0.15) is 0 Å². The number of oxime groups is 1. The standard InChI is InChI=1S/C23H23N5O4/c29-28(30)23-8-7-21(31-23)20-14-22(32-25-20)18-3-5-19(6-4-18)27-12-10-26(11-13-27)16-17-2-1-9-24-15-17/h1-9,15,22H,10-14,16H2. The average molecular weight is 433 g/mol. The van der Waals surface area contributed by atoms with E-state index in [4.69, 9.17) is 9.25 Å². The second kappa shape index (κ2) is 8.80. The molecule has 5 rings (SSSR count). The van der Waals surface area contributed by atoms with Crippen LogP contribution in [-0.4, -0.2) is 46.7 Å². The normalized spacial score (nSPS) is 18.9. The van der Waals surface area contributed by atoms with Crippen LogP contribution < -0.4 is 4.90 Å². The van der Waals surface area contributed by atoms with E-state index < -0.39 is 4.92 Å². The molecule has 0 aliphatic carbocycles. The van der Waals surface area contributed by atoms with Gasteiger partial charge in [0.25, 0.3) is 0 Å². The monoisotopic (exact) mass is 433 g/mol. The second-order valence-electron chi connectivity index (χ2n) is 7.95. The third-order valence-electron chi connectivity index (χ3n) is 5.86. The van der Waals surface area contributed by atoms with Crippen molar-refractivity contribution >= 4 is 17.3 Å². The van der Waals surface area contributed by atoms with E-state index in [1.165, 1.54) is 17.3 Å². The number of nitro groups is 1. The number of benzene rings is 1. The van der Waals surface area contributed by atoms with Crippen LogP contribution in [-0.2, 0) is 11.4 Å². The van der Waals surface area contributed by atoms with Gasteiger partial charge in [0.05, 0.1) is 6.07 Å². The number of pyridine rings is 1. The number of hydrogen-bond donors (Lipinski definition) is 0. The molecule has 2 aromatic heterocycles. The zero-order valence-corrected chi connectivity index (χ0v) is 17.5. The highest BCUT2D eigenvalue weighted by atomic mass is 16.7. The summed E-state index contributed by atoms with van der Waals surface area (Å²) in [7, 11) is 0. The van der Waals surface area contributed by atoms with E-state index >= 15 is 0 Å². The van der Waals surface area contributed by atoms with E-state index in [1.807, 2.05) is 12.3 Å². The molecule has 2 aliphatic rings. The summed E-state index contributed by atoms with van der Waals surface area (Å²) in [6.07, 6.45) is 4.02. The molecule has 32 heavy (non-hydrogen) atoms. The molecule has 0 bridgehead atoms.